The molecule has 8 nitrogen and oxygen atoms in total. The van der Waals surface area contributed by atoms with Gasteiger partial charge in [0.25, 0.3) is 5.91 Å². The van der Waals surface area contributed by atoms with Crippen LogP contribution < -0.4 is 10.3 Å². The minimum atomic E-state index is -0.642. The molecule has 2 unspecified atom stereocenters. The highest BCUT2D eigenvalue weighted by atomic mass is 16.6. The van der Waals surface area contributed by atoms with Gasteiger partial charge < -0.3 is 14.2 Å². The van der Waals surface area contributed by atoms with Crippen molar-refractivity contribution in [3.05, 3.63) is 68.6 Å². The number of nitrogens with zero attached hydrogens (tertiary/aromatic N) is 3. The number of piperidine rings is 1. The van der Waals surface area contributed by atoms with Crippen molar-refractivity contribution in [2.45, 2.75) is 18.9 Å². The van der Waals surface area contributed by atoms with E-state index in [1.807, 2.05) is 18.2 Å². The molecule has 0 aliphatic carbocycles. The van der Waals surface area contributed by atoms with Crippen molar-refractivity contribution in [3.8, 4) is 5.75 Å². The second-order valence-corrected chi connectivity index (χ2v) is 7.02. The van der Waals surface area contributed by atoms with E-state index in [0.29, 0.717) is 25.4 Å². The van der Waals surface area contributed by atoms with Gasteiger partial charge in [-0.15, -0.1) is 0 Å². The van der Waals surface area contributed by atoms with Gasteiger partial charge >= 0.3 is 11.2 Å². The summed E-state index contributed by atoms with van der Waals surface area (Å²) in [6.07, 6.45) is 0.876. The number of rotatable bonds is 4. The Balaban J connectivity index is 1.49. The summed E-state index contributed by atoms with van der Waals surface area (Å²) in [6, 6.07) is 12.1. The fraction of sp³-hybridized carbons (Fsp3) is 0.368. The van der Waals surface area contributed by atoms with Gasteiger partial charge in [-0.05, 0) is 30.5 Å². The summed E-state index contributed by atoms with van der Waals surface area (Å²) >= 11 is 0. The van der Waals surface area contributed by atoms with E-state index in [0.717, 1.165) is 12.1 Å². The maximum atomic E-state index is 12.6. The van der Waals surface area contributed by atoms with Gasteiger partial charge in [-0.3, -0.25) is 19.7 Å². The van der Waals surface area contributed by atoms with Gasteiger partial charge in [0.1, 0.15) is 5.75 Å². The second-order valence-electron chi connectivity index (χ2n) is 7.02. The molecule has 1 amide bonds. The molecule has 27 heavy (non-hydrogen) atoms. The zero-order chi connectivity index (χ0) is 19.0. The average Bonchev–Trinajstić information content (AvgIpc) is 2.67. The van der Waals surface area contributed by atoms with Gasteiger partial charge in [-0.25, -0.2) is 0 Å². The number of para-hydroxylation sites is 1. The molecule has 8 heteroatoms. The Hall–Kier alpha value is -3.16. The molecule has 1 saturated heterocycles. The summed E-state index contributed by atoms with van der Waals surface area (Å²) < 4.78 is 7.07. The summed E-state index contributed by atoms with van der Waals surface area (Å²) in [5, 5.41) is 11.0. The number of benzene rings is 1. The Morgan fingerprint density at radius 3 is 2.67 bits per heavy atom. The van der Waals surface area contributed by atoms with E-state index in [2.05, 4.69) is 0 Å². The molecule has 2 aliphatic rings. The monoisotopic (exact) mass is 369 g/mol. The highest BCUT2D eigenvalue weighted by Gasteiger charge is 2.37. The SMILES string of the molecule is O=C(COc1ccccc1)N1CC2CC(C1)c1ccc([N+](=O)[O-])c(=O)n1C2. The molecule has 2 bridgehead atoms. The van der Waals surface area contributed by atoms with Gasteiger partial charge in [0, 0.05) is 37.3 Å². The minimum Gasteiger partial charge on any atom is -0.484 e. The number of carbonyl (C=O) groups excluding carboxylic acids is 1. The highest BCUT2D eigenvalue weighted by Crippen LogP contribution is 2.35. The van der Waals surface area contributed by atoms with Crippen LogP contribution in [0.25, 0.3) is 0 Å². The van der Waals surface area contributed by atoms with Crippen molar-refractivity contribution >= 4 is 11.6 Å². The maximum absolute atomic E-state index is 12.6. The molecule has 0 saturated carbocycles. The Kier molecular flexibility index (Phi) is 4.39. The first-order chi connectivity index (χ1) is 13.0. The van der Waals surface area contributed by atoms with E-state index in [1.54, 1.807) is 23.1 Å². The van der Waals surface area contributed by atoms with E-state index in [4.69, 9.17) is 4.74 Å². The van der Waals surface area contributed by atoms with Crippen molar-refractivity contribution in [1.29, 1.82) is 0 Å². The first-order valence-corrected chi connectivity index (χ1v) is 8.86. The standard InChI is InChI=1S/C19H19N3O5/c23-18(12-27-15-4-2-1-3-5-15)20-9-13-8-14(11-20)16-6-7-17(22(25)26)19(24)21(16)10-13/h1-7,13-14H,8-12H2. The van der Waals surface area contributed by atoms with Gasteiger partial charge in [-0.1, -0.05) is 18.2 Å². The van der Waals surface area contributed by atoms with Crippen LogP contribution in [0.2, 0.25) is 0 Å². The fourth-order valence-corrected chi connectivity index (χ4v) is 4.03. The van der Waals surface area contributed by atoms with E-state index >= 15 is 0 Å². The number of hydrogen-bond donors (Lipinski definition) is 0. The summed E-state index contributed by atoms with van der Waals surface area (Å²) in [4.78, 5) is 37.1. The van der Waals surface area contributed by atoms with Crippen LogP contribution in [-0.4, -0.2) is 40.0 Å². The number of ether oxygens (including phenoxy) is 1. The first-order valence-electron chi connectivity index (χ1n) is 8.86. The van der Waals surface area contributed by atoms with Crippen LogP contribution in [0, 0.1) is 16.0 Å². The molecule has 2 atom stereocenters. The molecule has 2 aliphatic heterocycles. The van der Waals surface area contributed by atoms with Crippen LogP contribution in [0.5, 0.6) is 5.75 Å². The maximum Gasteiger partial charge on any atom is 0.334 e. The zero-order valence-electron chi connectivity index (χ0n) is 14.6. The van der Waals surface area contributed by atoms with Gasteiger partial charge in [0.2, 0.25) is 0 Å². The van der Waals surface area contributed by atoms with Crippen LogP contribution >= 0.6 is 0 Å². The number of carbonyl (C=O) groups is 1. The molecule has 140 valence electrons. The minimum absolute atomic E-state index is 0.00618. The van der Waals surface area contributed by atoms with Crippen molar-refractivity contribution < 1.29 is 14.5 Å². The summed E-state index contributed by atoms with van der Waals surface area (Å²) in [7, 11) is 0. The van der Waals surface area contributed by atoms with E-state index in [1.165, 1.54) is 10.6 Å². The summed E-state index contributed by atoms with van der Waals surface area (Å²) in [6.45, 7) is 1.39. The third-order valence-corrected chi connectivity index (χ3v) is 5.24. The first kappa shape index (κ1) is 17.3. The van der Waals surface area contributed by atoms with Crippen LogP contribution in [0.3, 0.4) is 0 Å². The molecular weight excluding hydrogens is 350 g/mol. The molecule has 0 radical (unpaired) electrons. The lowest BCUT2D eigenvalue weighted by atomic mass is 9.83. The lowest BCUT2D eigenvalue weighted by Crippen LogP contribution is -2.50. The van der Waals surface area contributed by atoms with Crippen molar-refractivity contribution in [1.82, 2.24) is 9.47 Å². The molecule has 0 N–H and O–H groups in total. The number of fused-ring (bicyclic) bond motifs is 4. The van der Waals surface area contributed by atoms with Gasteiger partial charge in [0.05, 0.1) is 4.92 Å². The summed E-state index contributed by atoms with van der Waals surface area (Å²) in [5.74, 6) is 0.668. The van der Waals surface area contributed by atoms with Crippen LogP contribution in [0.4, 0.5) is 5.69 Å². The number of likely N-dealkylation sites (tertiary alicyclic amines) is 1. The molecule has 3 heterocycles. The van der Waals surface area contributed by atoms with E-state index < -0.39 is 16.2 Å². The molecule has 1 aromatic carbocycles. The van der Waals surface area contributed by atoms with Gasteiger partial charge in [-0.2, -0.15) is 0 Å². The van der Waals surface area contributed by atoms with Crippen molar-refractivity contribution in [2.24, 2.45) is 5.92 Å². The Morgan fingerprint density at radius 2 is 1.93 bits per heavy atom. The molecular formula is C19H19N3O5. The smallest absolute Gasteiger partial charge is 0.334 e. The molecule has 2 aromatic rings. The molecule has 0 spiro atoms. The normalized spacial score (nSPS) is 20.7. The summed E-state index contributed by atoms with van der Waals surface area (Å²) in [5.41, 5.74) is -0.189. The highest BCUT2D eigenvalue weighted by molar-refractivity contribution is 5.78. The zero-order valence-corrected chi connectivity index (χ0v) is 14.6. The van der Waals surface area contributed by atoms with Gasteiger partial charge in [0.15, 0.2) is 6.61 Å². The average molecular weight is 369 g/mol. The van der Waals surface area contributed by atoms with E-state index in [9.17, 15) is 19.7 Å². The lowest BCUT2D eigenvalue weighted by Gasteiger charge is -2.42. The van der Waals surface area contributed by atoms with Crippen molar-refractivity contribution in [2.75, 3.05) is 19.7 Å². The van der Waals surface area contributed by atoms with Crippen LogP contribution in [0.1, 0.15) is 18.0 Å². The second kappa shape index (κ2) is 6.86. The predicted octanol–water partition coefficient (Wildman–Crippen LogP) is 1.78. The number of nitro groups is 1. The third-order valence-electron chi connectivity index (χ3n) is 5.24. The predicted molar refractivity (Wildman–Crippen MR) is 96.7 cm³/mol. The molecule has 4 rings (SSSR count). The van der Waals surface area contributed by atoms with Crippen molar-refractivity contribution in [3.63, 3.8) is 0 Å². The Bertz CT molecular complexity index is 940. The fourth-order valence-electron chi connectivity index (χ4n) is 4.03. The number of aromatic nitrogens is 1. The number of amides is 1. The topological polar surface area (TPSA) is 94.7 Å². The molecule has 1 aromatic heterocycles. The third kappa shape index (κ3) is 3.30. The quantitative estimate of drug-likeness (QED) is 0.605. The Morgan fingerprint density at radius 1 is 1.15 bits per heavy atom. The lowest BCUT2D eigenvalue weighted by molar-refractivity contribution is -0.386. The van der Waals surface area contributed by atoms with Crippen LogP contribution in [-0.2, 0) is 11.3 Å². The van der Waals surface area contributed by atoms with Crippen LogP contribution in [0.15, 0.2) is 47.3 Å². The van der Waals surface area contributed by atoms with E-state index in [-0.39, 0.29) is 24.3 Å². The number of pyridine rings is 1. The molecule has 1 fully saturated rings. The number of hydrogen-bond acceptors (Lipinski definition) is 5. The largest absolute Gasteiger partial charge is 0.484 e. The Labute approximate surface area is 155 Å².